The van der Waals surface area contributed by atoms with Crippen molar-refractivity contribution in [1.82, 2.24) is 9.97 Å². The fourth-order valence-electron chi connectivity index (χ4n) is 2.31. The number of aryl methyl sites for hydroxylation is 2. The van der Waals surface area contributed by atoms with Crippen molar-refractivity contribution >= 4 is 16.7 Å². The van der Waals surface area contributed by atoms with E-state index in [0.29, 0.717) is 5.82 Å². The van der Waals surface area contributed by atoms with Gasteiger partial charge in [0.25, 0.3) is 11.5 Å². The molecule has 1 amide bonds. The molecular weight excluding hydrogens is 290 g/mol. The number of carbonyl (C=O) groups excluding carboxylic acids is 1. The Hall–Kier alpha value is -2.95. The summed E-state index contributed by atoms with van der Waals surface area (Å²) in [5.41, 5.74) is 5.96. The van der Waals surface area contributed by atoms with Gasteiger partial charge in [-0.05, 0) is 29.7 Å². The maximum absolute atomic E-state index is 10.7. The number of amides is 1. The van der Waals surface area contributed by atoms with Crippen LogP contribution in [0.2, 0.25) is 0 Å². The van der Waals surface area contributed by atoms with Gasteiger partial charge in [0.2, 0.25) is 0 Å². The number of primary amides is 1. The van der Waals surface area contributed by atoms with Gasteiger partial charge in [-0.2, -0.15) is 0 Å². The van der Waals surface area contributed by atoms with Crippen LogP contribution in [0, 0.1) is 6.92 Å². The molecule has 1 aromatic heterocycles. The Balaban J connectivity index is 0.000000168. The van der Waals surface area contributed by atoms with E-state index in [4.69, 9.17) is 5.73 Å². The van der Waals surface area contributed by atoms with Crippen LogP contribution in [0.4, 0.5) is 0 Å². The molecule has 0 saturated heterocycles. The smallest absolute Gasteiger partial charge is 0.267 e. The molecule has 0 saturated carbocycles. The summed E-state index contributed by atoms with van der Waals surface area (Å²) in [7, 11) is 0. The lowest BCUT2D eigenvalue weighted by molar-refractivity contribution is 0.0995. The largest absolute Gasteiger partial charge is 0.364 e. The Morgan fingerprint density at radius 2 is 1.87 bits per heavy atom. The van der Waals surface area contributed by atoms with Crippen molar-refractivity contribution in [3.8, 4) is 0 Å². The molecule has 0 fully saturated rings. The average molecular weight is 309 g/mol. The summed E-state index contributed by atoms with van der Waals surface area (Å²) < 4.78 is 0. The number of carbonyl (C=O) groups is 1. The first-order valence-electron chi connectivity index (χ1n) is 7.35. The van der Waals surface area contributed by atoms with E-state index in [1.165, 1.54) is 16.3 Å². The Labute approximate surface area is 134 Å². The first-order valence-corrected chi connectivity index (χ1v) is 7.35. The lowest BCUT2D eigenvalue weighted by atomic mass is 10.0. The zero-order valence-corrected chi connectivity index (χ0v) is 13.2. The number of nitrogens with zero attached hydrogens (tertiary/aromatic N) is 1. The van der Waals surface area contributed by atoms with E-state index in [0.717, 1.165) is 12.5 Å². The molecule has 5 heteroatoms. The number of H-pyrrole nitrogens is 1. The Bertz CT molecular complexity index is 879. The first kappa shape index (κ1) is 16.4. The molecule has 0 bridgehead atoms. The third-order valence-corrected chi connectivity index (χ3v) is 3.37. The lowest BCUT2D eigenvalue weighted by Crippen LogP contribution is -2.19. The van der Waals surface area contributed by atoms with Gasteiger partial charge in [0, 0.05) is 6.07 Å². The van der Waals surface area contributed by atoms with Crippen LogP contribution in [0.1, 0.15) is 28.8 Å². The second-order valence-corrected chi connectivity index (χ2v) is 5.07. The van der Waals surface area contributed by atoms with Gasteiger partial charge in [-0.25, -0.2) is 4.98 Å². The minimum absolute atomic E-state index is 0.00810. The number of hydrogen-bond donors (Lipinski definition) is 2. The SMILES string of the molecule is CCc1cccc2ccccc12.Cc1nc(C(N)=O)cc(=O)[nH]1. The van der Waals surface area contributed by atoms with Crippen molar-refractivity contribution in [3.05, 3.63) is 76.0 Å². The van der Waals surface area contributed by atoms with E-state index in [2.05, 4.69) is 59.4 Å². The number of aromatic amines is 1. The van der Waals surface area contributed by atoms with Crippen molar-refractivity contribution in [2.45, 2.75) is 20.3 Å². The molecule has 118 valence electrons. The molecule has 0 aliphatic rings. The highest BCUT2D eigenvalue weighted by atomic mass is 16.1. The van der Waals surface area contributed by atoms with E-state index >= 15 is 0 Å². The average Bonchev–Trinajstić information content (AvgIpc) is 2.54. The van der Waals surface area contributed by atoms with E-state index in [1.54, 1.807) is 6.92 Å². The standard InChI is InChI=1S/C12H12.C6H7N3O2/c1-2-10-7-5-8-11-6-3-4-9-12(10)11;1-3-8-4(6(7)11)2-5(10)9-3/h3-9H,2H2,1H3;2H,1H3,(H2,7,11)(H,8,9,10). The van der Waals surface area contributed by atoms with Gasteiger partial charge < -0.3 is 10.7 Å². The molecule has 0 atom stereocenters. The highest BCUT2D eigenvalue weighted by Gasteiger charge is 2.02. The molecular formula is C18H19N3O2. The van der Waals surface area contributed by atoms with Gasteiger partial charge in [0.05, 0.1) is 0 Å². The molecule has 0 aliphatic carbocycles. The summed E-state index contributed by atoms with van der Waals surface area (Å²) in [5.74, 6) is -0.314. The number of rotatable bonds is 2. The molecule has 3 aromatic rings. The second-order valence-electron chi connectivity index (χ2n) is 5.07. The van der Waals surface area contributed by atoms with Gasteiger partial charge in [-0.3, -0.25) is 9.59 Å². The normalized spacial score (nSPS) is 10.0. The van der Waals surface area contributed by atoms with E-state index in [1.807, 2.05) is 0 Å². The number of hydrogen-bond acceptors (Lipinski definition) is 3. The maximum atomic E-state index is 10.7. The quantitative estimate of drug-likeness (QED) is 0.762. The van der Waals surface area contributed by atoms with Crippen LogP contribution in [-0.2, 0) is 6.42 Å². The fourth-order valence-corrected chi connectivity index (χ4v) is 2.31. The van der Waals surface area contributed by atoms with Crippen LogP contribution < -0.4 is 11.3 Å². The van der Waals surface area contributed by atoms with Gasteiger partial charge in [0.1, 0.15) is 11.5 Å². The molecule has 0 spiro atoms. The minimum Gasteiger partial charge on any atom is -0.364 e. The number of benzene rings is 2. The summed E-state index contributed by atoms with van der Waals surface area (Å²) in [6, 6.07) is 16.1. The van der Waals surface area contributed by atoms with Crippen molar-refractivity contribution in [3.63, 3.8) is 0 Å². The Morgan fingerprint density at radius 3 is 2.52 bits per heavy atom. The number of fused-ring (bicyclic) bond motifs is 1. The van der Waals surface area contributed by atoms with Crippen molar-refractivity contribution in [2.75, 3.05) is 0 Å². The van der Waals surface area contributed by atoms with Crippen LogP contribution in [0.25, 0.3) is 10.8 Å². The molecule has 1 heterocycles. The Morgan fingerprint density at radius 1 is 1.17 bits per heavy atom. The minimum atomic E-state index is -0.695. The summed E-state index contributed by atoms with van der Waals surface area (Å²) >= 11 is 0. The molecule has 0 unspecified atom stereocenters. The molecule has 5 nitrogen and oxygen atoms in total. The van der Waals surface area contributed by atoms with Gasteiger partial charge >= 0.3 is 0 Å². The van der Waals surface area contributed by atoms with Crippen LogP contribution >= 0.6 is 0 Å². The van der Waals surface area contributed by atoms with Crippen LogP contribution in [0.3, 0.4) is 0 Å². The summed E-state index contributed by atoms with van der Waals surface area (Å²) in [6.07, 6.45) is 1.11. The van der Waals surface area contributed by atoms with Crippen molar-refractivity contribution < 1.29 is 4.79 Å². The zero-order valence-electron chi connectivity index (χ0n) is 13.2. The summed E-state index contributed by atoms with van der Waals surface area (Å²) in [5, 5.41) is 2.74. The molecule has 3 rings (SSSR count). The van der Waals surface area contributed by atoms with Crippen LogP contribution in [0.15, 0.2) is 53.3 Å². The monoisotopic (exact) mass is 309 g/mol. The van der Waals surface area contributed by atoms with Gasteiger partial charge in [-0.15, -0.1) is 0 Å². The maximum Gasteiger partial charge on any atom is 0.267 e. The van der Waals surface area contributed by atoms with Gasteiger partial charge in [-0.1, -0.05) is 49.4 Å². The fraction of sp³-hybridized carbons (Fsp3) is 0.167. The van der Waals surface area contributed by atoms with Crippen molar-refractivity contribution in [1.29, 1.82) is 0 Å². The third-order valence-electron chi connectivity index (χ3n) is 3.37. The van der Waals surface area contributed by atoms with Crippen molar-refractivity contribution in [2.24, 2.45) is 5.73 Å². The predicted molar refractivity (Wildman–Crippen MR) is 91.4 cm³/mol. The number of nitrogens with one attached hydrogen (secondary N) is 1. The van der Waals surface area contributed by atoms with E-state index in [9.17, 15) is 9.59 Å². The number of nitrogens with two attached hydrogens (primary N) is 1. The van der Waals surface area contributed by atoms with Crippen LogP contribution in [-0.4, -0.2) is 15.9 Å². The van der Waals surface area contributed by atoms with E-state index in [-0.39, 0.29) is 11.3 Å². The topological polar surface area (TPSA) is 88.8 Å². The molecule has 0 radical (unpaired) electrons. The summed E-state index contributed by atoms with van der Waals surface area (Å²) in [4.78, 5) is 27.3. The second kappa shape index (κ2) is 7.35. The van der Waals surface area contributed by atoms with E-state index < -0.39 is 5.91 Å². The molecule has 2 aromatic carbocycles. The highest BCUT2D eigenvalue weighted by Crippen LogP contribution is 2.18. The third kappa shape index (κ3) is 4.26. The zero-order chi connectivity index (χ0) is 16.8. The first-order chi connectivity index (χ1) is 11.0. The Kier molecular flexibility index (Phi) is 5.25. The molecule has 3 N–H and O–H groups in total. The predicted octanol–water partition coefficient (Wildman–Crippen LogP) is 2.58. The highest BCUT2D eigenvalue weighted by molar-refractivity contribution is 5.90. The lowest BCUT2D eigenvalue weighted by Gasteiger charge is -2.02. The molecule has 23 heavy (non-hydrogen) atoms. The van der Waals surface area contributed by atoms with Gasteiger partial charge in [0.15, 0.2) is 0 Å². The van der Waals surface area contributed by atoms with Crippen LogP contribution in [0.5, 0.6) is 0 Å². The molecule has 0 aliphatic heterocycles. The number of aromatic nitrogens is 2. The summed E-state index contributed by atoms with van der Waals surface area (Å²) in [6.45, 7) is 3.77.